The minimum absolute atomic E-state index is 0.0912. The fourth-order valence-electron chi connectivity index (χ4n) is 8.48. The van der Waals surface area contributed by atoms with Gasteiger partial charge >= 0.3 is 17.9 Å². The van der Waals surface area contributed by atoms with E-state index >= 15 is 0 Å². The van der Waals surface area contributed by atoms with Gasteiger partial charge < -0.3 is 14.2 Å². The summed E-state index contributed by atoms with van der Waals surface area (Å²) in [5.41, 5.74) is 0. The lowest BCUT2D eigenvalue weighted by atomic mass is 10.0. The number of ether oxygens (including phenoxy) is 3. The van der Waals surface area contributed by atoms with Crippen LogP contribution in [0.5, 0.6) is 0 Å². The fourth-order valence-corrected chi connectivity index (χ4v) is 8.48. The van der Waals surface area contributed by atoms with Gasteiger partial charge in [0.2, 0.25) is 0 Å². The fraction of sp³-hybridized carbons (Fsp3) is 0.716. The molecule has 6 heteroatoms. The summed E-state index contributed by atoms with van der Waals surface area (Å²) in [5.74, 6) is -0.932. The van der Waals surface area contributed by atoms with Gasteiger partial charge in [0.1, 0.15) is 13.2 Å². The summed E-state index contributed by atoms with van der Waals surface area (Å²) < 4.78 is 16.9. The minimum atomic E-state index is -0.798. The highest BCUT2D eigenvalue weighted by molar-refractivity contribution is 5.71. The molecule has 0 aliphatic rings. The summed E-state index contributed by atoms with van der Waals surface area (Å²) in [6.45, 7) is 6.49. The SMILES string of the molecule is CC/C=C\C/C=C\C/C=C\C/C=C\C/C=C\C/C=C\CCCCC(=O)OCC(COC(=O)CCCCCCCCCCCCCCCCC)OC(=O)CCCCCCCCCCC/C=C\C/C=C\CCCCC. The maximum Gasteiger partial charge on any atom is 0.306 e. The molecule has 0 aromatic carbocycles. The number of esters is 3. The summed E-state index contributed by atoms with van der Waals surface area (Å²) in [4.78, 5) is 38.3. The Morgan fingerprint density at radius 3 is 0.890 bits per heavy atom. The number of rotatable bonds is 55. The van der Waals surface area contributed by atoms with E-state index in [1.54, 1.807) is 0 Å². The average molecular weight is 1020 g/mol. The smallest absolute Gasteiger partial charge is 0.306 e. The van der Waals surface area contributed by atoms with Crippen LogP contribution in [0.2, 0.25) is 0 Å². The Labute approximate surface area is 451 Å². The van der Waals surface area contributed by atoms with E-state index in [0.29, 0.717) is 19.3 Å². The number of carbonyl (C=O) groups is 3. The average Bonchev–Trinajstić information content (AvgIpc) is 3.39. The first-order valence-electron chi connectivity index (χ1n) is 30.7. The Morgan fingerprint density at radius 1 is 0.288 bits per heavy atom. The van der Waals surface area contributed by atoms with Crippen LogP contribution in [0.3, 0.4) is 0 Å². The molecule has 0 fully saturated rings. The van der Waals surface area contributed by atoms with Gasteiger partial charge in [-0.1, -0.05) is 266 Å². The molecule has 418 valence electrons. The summed E-state index contributed by atoms with van der Waals surface area (Å²) in [5, 5.41) is 0. The molecule has 0 N–H and O–H groups in total. The quantitative estimate of drug-likeness (QED) is 0.0261. The van der Waals surface area contributed by atoms with Crippen molar-refractivity contribution in [2.45, 2.75) is 297 Å². The van der Waals surface area contributed by atoms with Crippen molar-refractivity contribution in [3.05, 3.63) is 97.2 Å². The normalized spacial score (nSPS) is 12.8. The second-order valence-corrected chi connectivity index (χ2v) is 20.2. The molecule has 0 aromatic rings. The lowest BCUT2D eigenvalue weighted by Gasteiger charge is -2.18. The largest absolute Gasteiger partial charge is 0.462 e. The first-order valence-corrected chi connectivity index (χ1v) is 30.7. The summed E-state index contributed by atoms with van der Waals surface area (Å²) in [7, 11) is 0. The number of carbonyl (C=O) groups excluding carboxylic acids is 3. The van der Waals surface area contributed by atoms with Crippen molar-refractivity contribution in [1.29, 1.82) is 0 Å². The molecular weight excluding hydrogens is 901 g/mol. The first kappa shape index (κ1) is 69.3. The standard InChI is InChI=1S/C67H114O6/c1-4-7-10-13-16-19-22-25-28-30-32-33-35-36-39-42-45-48-51-54-57-60-66(69)72-63-64(62-71-65(68)59-56-53-50-47-44-41-38-27-24-21-18-15-12-9-6-3)73-67(70)61-58-55-52-49-46-43-40-37-34-31-29-26-23-20-17-14-11-8-5-2/h7,10,16-17,19-20,25-26,28-29,32-33,36,39,45,48,64H,4-6,8-9,11-15,18,21-24,27,30-31,34-35,37-38,40-44,46-47,49-63H2,1-3H3/b10-7-,19-16-,20-17-,28-25-,29-26-,33-32-,39-36-,48-45-. The van der Waals surface area contributed by atoms with Crippen LogP contribution in [0.4, 0.5) is 0 Å². The zero-order chi connectivity index (χ0) is 52.9. The highest BCUT2D eigenvalue weighted by Crippen LogP contribution is 2.16. The molecule has 0 aromatic heterocycles. The number of allylic oxidation sites excluding steroid dienone is 16. The molecule has 0 aliphatic heterocycles. The lowest BCUT2D eigenvalue weighted by molar-refractivity contribution is -0.167. The maximum absolute atomic E-state index is 12.9. The van der Waals surface area contributed by atoms with Gasteiger partial charge in [-0.2, -0.15) is 0 Å². The molecule has 0 amide bonds. The zero-order valence-electron chi connectivity index (χ0n) is 47.9. The topological polar surface area (TPSA) is 78.9 Å². The van der Waals surface area contributed by atoms with Crippen LogP contribution >= 0.6 is 0 Å². The Balaban J connectivity index is 4.46. The minimum Gasteiger partial charge on any atom is -0.462 e. The second-order valence-electron chi connectivity index (χ2n) is 20.2. The van der Waals surface area contributed by atoms with Crippen molar-refractivity contribution < 1.29 is 28.6 Å². The second kappa shape index (κ2) is 60.9. The van der Waals surface area contributed by atoms with Crippen LogP contribution in [0.1, 0.15) is 290 Å². The van der Waals surface area contributed by atoms with E-state index in [4.69, 9.17) is 14.2 Å². The Morgan fingerprint density at radius 2 is 0.534 bits per heavy atom. The van der Waals surface area contributed by atoms with Crippen molar-refractivity contribution in [2.24, 2.45) is 0 Å². The van der Waals surface area contributed by atoms with Crippen LogP contribution in [0, 0.1) is 0 Å². The monoisotopic (exact) mass is 1010 g/mol. The van der Waals surface area contributed by atoms with Gasteiger partial charge in [0.05, 0.1) is 0 Å². The van der Waals surface area contributed by atoms with Crippen LogP contribution in [0.25, 0.3) is 0 Å². The highest BCUT2D eigenvalue weighted by atomic mass is 16.6. The van der Waals surface area contributed by atoms with Crippen LogP contribution in [-0.2, 0) is 28.6 Å². The van der Waals surface area contributed by atoms with E-state index in [9.17, 15) is 14.4 Å². The third kappa shape index (κ3) is 59.1. The van der Waals surface area contributed by atoms with Crippen molar-refractivity contribution in [3.8, 4) is 0 Å². The van der Waals surface area contributed by atoms with E-state index in [-0.39, 0.29) is 31.1 Å². The highest BCUT2D eigenvalue weighted by Gasteiger charge is 2.19. The van der Waals surface area contributed by atoms with Crippen LogP contribution in [-0.4, -0.2) is 37.2 Å². The Hall–Kier alpha value is -3.67. The molecule has 0 heterocycles. The van der Waals surface area contributed by atoms with E-state index in [1.165, 1.54) is 148 Å². The summed E-state index contributed by atoms with van der Waals surface area (Å²) in [6.07, 6.45) is 81.1. The van der Waals surface area contributed by atoms with Crippen molar-refractivity contribution in [3.63, 3.8) is 0 Å². The van der Waals surface area contributed by atoms with E-state index < -0.39 is 6.10 Å². The van der Waals surface area contributed by atoms with Gasteiger partial charge in [-0.25, -0.2) is 0 Å². The Kier molecular flexibility index (Phi) is 57.8. The van der Waals surface area contributed by atoms with Gasteiger partial charge in [0, 0.05) is 19.3 Å². The predicted octanol–water partition coefficient (Wildman–Crippen LogP) is 20.9. The molecule has 0 saturated heterocycles. The zero-order valence-corrected chi connectivity index (χ0v) is 47.9. The first-order chi connectivity index (χ1) is 36.0. The van der Waals surface area contributed by atoms with Gasteiger partial charge in [0.15, 0.2) is 6.10 Å². The van der Waals surface area contributed by atoms with Gasteiger partial charge in [-0.05, 0) is 103 Å². The third-order valence-electron chi connectivity index (χ3n) is 13.1. The molecule has 1 unspecified atom stereocenters. The van der Waals surface area contributed by atoms with Gasteiger partial charge in [0.25, 0.3) is 0 Å². The number of hydrogen-bond acceptors (Lipinski definition) is 6. The molecule has 6 nitrogen and oxygen atoms in total. The number of hydrogen-bond donors (Lipinski definition) is 0. The molecule has 0 bridgehead atoms. The maximum atomic E-state index is 12.9. The predicted molar refractivity (Wildman–Crippen MR) is 316 cm³/mol. The lowest BCUT2D eigenvalue weighted by Crippen LogP contribution is -2.30. The molecule has 1 atom stereocenters. The Bertz CT molecular complexity index is 1440. The van der Waals surface area contributed by atoms with E-state index in [1.807, 2.05) is 0 Å². The summed E-state index contributed by atoms with van der Waals surface area (Å²) in [6, 6.07) is 0. The van der Waals surface area contributed by atoms with Crippen molar-refractivity contribution in [1.82, 2.24) is 0 Å². The number of unbranched alkanes of at least 4 members (excludes halogenated alkanes) is 28. The van der Waals surface area contributed by atoms with Crippen molar-refractivity contribution >= 4 is 17.9 Å². The molecule has 0 saturated carbocycles. The molecule has 0 spiro atoms. The molecule has 0 radical (unpaired) electrons. The van der Waals surface area contributed by atoms with E-state index in [0.717, 1.165) is 103 Å². The van der Waals surface area contributed by atoms with Gasteiger partial charge in [-0.15, -0.1) is 0 Å². The third-order valence-corrected chi connectivity index (χ3v) is 13.1. The molecular formula is C67H114O6. The molecule has 0 aliphatic carbocycles. The van der Waals surface area contributed by atoms with Crippen LogP contribution in [0.15, 0.2) is 97.2 Å². The summed E-state index contributed by atoms with van der Waals surface area (Å²) >= 11 is 0. The van der Waals surface area contributed by atoms with Crippen molar-refractivity contribution in [2.75, 3.05) is 13.2 Å². The molecule has 73 heavy (non-hydrogen) atoms. The molecule has 0 rings (SSSR count). The van der Waals surface area contributed by atoms with Gasteiger partial charge in [-0.3, -0.25) is 14.4 Å². The van der Waals surface area contributed by atoms with E-state index in [2.05, 4.69) is 118 Å². The van der Waals surface area contributed by atoms with Crippen LogP contribution < -0.4 is 0 Å².